The van der Waals surface area contributed by atoms with E-state index >= 15 is 0 Å². The average molecular weight is 227 g/mol. The fourth-order valence-electron chi connectivity index (χ4n) is 1.15. The molecule has 0 atom stereocenters. The minimum Gasteiger partial charge on any atom is -0.355 e. The van der Waals surface area contributed by atoms with Crippen molar-refractivity contribution in [1.82, 2.24) is 10.2 Å². The molecule has 0 saturated heterocycles. The van der Waals surface area contributed by atoms with Crippen molar-refractivity contribution in [3.8, 4) is 0 Å². The number of hydrogen-bond donors (Lipinski definition) is 1. The Morgan fingerprint density at radius 1 is 1.56 bits per heavy atom. The highest BCUT2D eigenvalue weighted by atomic mass is 16.2. The van der Waals surface area contributed by atoms with E-state index in [4.69, 9.17) is 5.53 Å². The number of carbonyl (C=O) groups excluding carboxylic acids is 1. The molecule has 0 aliphatic carbocycles. The van der Waals surface area contributed by atoms with Crippen LogP contribution in [-0.4, -0.2) is 44.0 Å². The van der Waals surface area contributed by atoms with Gasteiger partial charge in [0.15, 0.2) is 0 Å². The van der Waals surface area contributed by atoms with E-state index in [1.165, 1.54) is 0 Å². The molecule has 6 nitrogen and oxygen atoms in total. The smallest absolute Gasteiger partial charge is 0.234 e. The summed E-state index contributed by atoms with van der Waals surface area (Å²) in [6.45, 7) is 6.46. The third-order valence-electron chi connectivity index (χ3n) is 1.98. The lowest BCUT2D eigenvalue weighted by molar-refractivity contribution is -0.122. The third kappa shape index (κ3) is 9.30. The maximum atomic E-state index is 11.4. The summed E-state index contributed by atoms with van der Waals surface area (Å²) < 4.78 is 0. The first-order valence-corrected chi connectivity index (χ1v) is 5.52. The fourth-order valence-corrected chi connectivity index (χ4v) is 1.15. The van der Waals surface area contributed by atoms with Gasteiger partial charge in [0, 0.05) is 18.0 Å². The highest BCUT2D eigenvalue weighted by Gasteiger charge is 2.05. The molecule has 16 heavy (non-hydrogen) atoms. The summed E-state index contributed by atoms with van der Waals surface area (Å²) in [7, 11) is 1.88. The lowest BCUT2D eigenvalue weighted by Gasteiger charge is -2.16. The Balaban J connectivity index is 3.57. The number of hydrogen-bond acceptors (Lipinski definition) is 3. The van der Waals surface area contributed by atoms with Crippen LogP contribution in [0.15, 0.2) is 5.11 Å². The summed E-state index contributed by atoms with van der Waals surface area (Å²) in [5.41, 5.74) is 8.08. The zero-order chi connectivity index (χ0) is 12.4. The van der Waals surface area contributed by atoms with Crippen LogP contribution >= 0.6 is 0 Å². The molecule has 0 aromatic heterocycles. The summed E-state index contributed by atoms with van der Waals surface area (Å²) in [5.74, 6) is 0.513. The predicted molar refractivity (Wildman–Crippen MR) is 64.0 cm³/mol. The summed E-state index contributed by atoms with van der Waals surface area (Å²) in [6, 6.07) is 0. The van der Waals surface area contributed by atoms with Gasteiger partial charge >= 0.3 is 0 Å². The van der Waals surface area contributed by atoms with E-state index in [0.29, 0.717) is 25.6 Å². The van der Waals surface area contributed by atoms with Crippen LogP contribution in [0.5, 0.6) is 0 Å². The minimum atomic E-state index is 0.0417. The van der Waals surface area contributed by atoms with Crippen molar-refractivity contribution in [2.75, 3.05) is 33.2 Å². The van der Waals surface area contributed by atoms with Gasteiger partial charge in [0.1, 0.15) is 0 Å². The van der Waals surface area contributed by atoms with Crippen molar-refractivity contribution in [3.05, 3.63) is 10.4 Å². The van der Waals surface area contributed by atoms with Crippen molar-refractivity contribution in [2.45, 2.75) is 20.3 Å². The number of likely N-dealkylation sites (N-methyl/N-ethyl adjacent to an activating group) is 1. The topological polar surface area (TPSA) is 81.1 Å². The van der Waals surface area contributed by atoms with E-state index < -0.39 is 0 Å². The lowest BCUT2D eigenvalue weighted by Crippen LogP contribution is -2.37. The SMILES string of the molecule is CC(C)CNC(=O)CN(C)CCCN=[N+]=[N-]. The number of rotatable bonds is 8. The van der Waals surface area contributed by atoms with Crippen LogP contribution in [0, 0.1) is 5.92 Å². The molecule has 0 aliphatic heterocycles. The molecule has 0 heterocycles. The molecule has 0 rings (SSSR count). The summed E-state index contributed by atoms with van der Waals surface area (Å²) in [5, 5.41) is 6.29. The van der Waals surface area contributed by atoms with Gasteiger partial charge in [-0.2, -0.15) is 0 Å². The average Bonchev–Trinajstić information content (AvgIpc) is 2.21. The van der Waals surface area contributed by atoms with Crippen LogP contribution in [0.25, 0.3) is 10.4 Å². The van der Waals surface area contributed by atoms with Gasteiger partial charge in [-0.25, -0.2) is 0 Å². The zero-order valence-corrected chi connectivity index (χ0v) is 10.3. The molecule has 1 N–H and O–H groups in total. The first-order valence-electron chi connectivity index (χ1n) is 5.52. The highest BCUT2D eigenvalue weighted by molar-refractivity contribution is 5.77. The predicted octanol–water partition coefficient (Wildman–Crippen LogP) is 1.39. The lowest BCUT2D eigenvalue weighted by atomic mass is 10.2. The molecule has 6 heteroatoms. The van der Waals surface area contributed by atoms with E-state index in [9.17, 15) is 4.79 Å². The number of nitrogens with zero attached hydrogens (tertiary/aromatic N) is 4. The van der Waals surface area contributed by atoms with Gasteiger partial charge in [-0.3, -0.25) is 9.69 Å². The molecule has 0 aliphatic rings. The van der Waals surface area contributed by atoms with Crippen LogP contribution < -0.4 is 5.32 Å². The number of amides is 1. The fraction of sp³-hybridized carbons (Fsp3) is 0.900. The first-order chi connectivity index (χ1) is 7.56. The highest BCUT2D eigenvalue weighted by Crippen LogP contribution is 1.90. The van der Waals surface area contributed by atoms with Gasteiger partial charge in [0.05, 0.1) is 6.54 Å². The molecular weight excluding hydrogens is 206 g/mol. The Bertz CT molecular complexity index is 248. The maximum absolute atomic E-state index is 11.4. The molecule has 0 bridgehead atoms. The second kappa shape index (κ2) is 9.00. The van der Waals surface area contributed by atoms with Crippen LogP contribution in [0.4, 0.5) is 0 Å². The zero-order valence-electron chi connectivity index (χ0n) is 10.3. The Labute approximate surface area is 96.6 Å². The van der Waals surface area contributed by atoms with Gasteiger partial charge in [0.25, 0.3) is 0 Å². The normalized spacial score (nSPS) is 10.3. The third-order valence-corrected chi connectivity index (χ3v) is 1.98. The molecular formula is C10H21N5O. The molecule has 0 spiro atoms. The monoisotopic (exact) mass is 227 g/mol. The van der Waals surface area contributed by atoms with E-state index in [-0.39, 0.29) is 5.91 Å². The minimum absolute atomic E-state index is 0.0417. The maximum Gasteiger partial charge on any atom is 0.234 e. The molecule has 1 amide bonds. The van der Waals surface area contributed by atoms with Gasteiger partial charge < -0.3 is 5.32 Å². The Morgan fingerprint density at radius 2 is 2.25 bits per heavy atom. The summed E-state index contributed by atoms with van der Waals surface area (Å²) in [6.07, 6.45) is 0.776. The molecule has 0 saturated carbocycles. The quantitative estimate of drug-likeness (QED) is 0.294. The van der Waals surface area contributed by atoms with Gasteiger partial charge in [-0.05, 0) is 31.5 Å². The summed E-state index contributed by atoms with van der Waals surface area (Å²) >= 11 is 0. The van der Waals surface area contributed by atoms with Crippen LogP contribution in [-0.2, 0) is 4.79 Å². The van der Waals surface area contributed by atoms with E-state index in [1.54, 1.807) is 0 Å². The van der Waals surface area contributed by atoms with Crippen molar-refractivity contribution in [2.24, 2.45) is 11.0 Å². The van der Waals surface area contributed by atoms with Crippen LogP contribution in [0.2, 0.25) is 0 Å². The largest absolute Gasteiger partial charge is 0.355 e. The second-order valence-electron chi connectivity index (χ2n) is 4.24. The van der Waals surface area contributed by atoms with Gasteiger partial charge in [-0.1, -0.05) is 19.0 Å². The van der Waals surface area contributed by atoms with Crippen LogP contribution in [0.1, 0.15) is 20.3 Å². The Hall–Kier alpha value is -1.26. The van der Waals surface area contributed by atoms with Crippen molar-refractivity contribution in [1.29, 1.82) is 0 Å². The first kappa shape index (κ1) is 14.7. The number of azide groups is 1. The molecule has 0 aromatic carbocycles. The van der Waals surface area contributed by atoms with Crippen molar-refractivity contribution in [3.63, 3.8) is 0 Å². The van der Waals surface area contributed by atoms with E-state index in [0.717, 1.165) is 13.0 Å². The Morgan fingerprint density at radius 3 is 2.81 bits per heavy atom. The number of nitrogens with one attached hydrogen (secondary N) is 1. The summed E-state index contributed by atoms with van der Waals surface area (Å²) in [4.78, 5) is 16.0. The molecule has 0 radical (unpaired) electrons. The molecule has 92 valence electrons. The molecule has 0 aromatic rings. The van der Waals surface area contributed by atoms with Crippen molar-refractivity contribution >= 4 is 5.91 Å². The number of carbonyl (C=O) groups is 1. The standard InChI is InChI=1S/C10H21N5O/c1-9(2)7-12-10(16)8-15(3)6-4-5-13-14-11/h9H,4-8H2,1-3H3,(H,12,16). The van der Waals surface area contributed by atoms with Crippen LogP contribution in [0.3, 0.4) is 0 Å². The molecule has 0 fully saturated rings. The van der Waals surface area contributed by atoms with Gasteiger partial charge in [0.2, 0.25) is 5.91 Å². The van der Waals surface area contributed by atoms with E-state index in [1.807, 2.05) is 11.9 Å². The van der Waals surface area contributed by atoms with E-state index in [2.05, 4.69) is 29.2 Å². The second-order valence-corrected chi connectivity index (χ2v) is 4.24. The Kier molecular flexibility index (Phi) is 8.29. The molecule has 0 unspecified atom stereocenters. The van der Waals surface area contributed by atoms with Crippen molar-refractivity contribution < 1.29 is 4.79 Å². The van der Waals surface area contributed by atoms with Gasteiger partial charge in [-0.15, -0.1) is 0 Å².